The summed E-state index contributed by atoms with van der Waals surface area (Å²) in [5.74, 6) is 0.264. The first-order chi connectivity index (χ1) is 14.4. The molecule has 0 heterocycles. The van der Waals surface area contributed by atoms with Crippen molar-refractivity contribution in [1.82, 2.24) is 16.2 Å². The van der Waals surface area contributed by atoms with E-state index in [1.54, 1.807) is 24.3 Å². The minimum absolute atomic E-state index is 0.125. The van der Waals surface area contributed by atoms with E-state index in [9.17, 15) is 9.59 Å². The number of carbonyl (C=O) groups is 2. The van der Waals surface area contributed by atoms with Gasteiger partial charge in [0.15, 0.2) is 23.2 Å². The molecule has 3 N–H and O–H groups in total. The molecule has 0 radical (unpaired) electrons. The largest absolute Gasteiger partial charge is 0.493 e. The van der Waals surface area contributed by atoms with Crippen LogP contribution >= 0.6 is 23.8 Å². The number of para-hydroxylation sites is 1. The molecule has 2 aromatic carbocycles. The van der Waals surface area contributed by atoms with E-state index in [4.69, 9.17) is 42.8 Å². The molecule has 0 unspecified atom stereocenters. The molecular formula is C19H20ClN3O6S. The predicted octanol–water partition coefficient (Wildman–Crippen LogP) is 2.08. The number of methoxy groups -OCH3 is 3. The van der Waals surface area contributed by atoms with Crippen LogP contribution in [-0.2, 0) is 4.79 Å². The first kappa shape index (κ1) is 23.0. The summed E-state index contributed by atoms with van der Waals surface area (Å²) in [5.41, 5.74) is 4.93. The molecule has 9 nitrogen and oxygen atoms in total. The molecule has 30 heavy (non-hydrogen) atoms. The van der Waals surface area contributed by atoms with Crippen LogP contribution in [0.3, 0.4) is 0 Å². The van der Waals surface area contributed by atoms with E-state index < -0.39 is 11.8 Å². The highest BCUT2D eigenvalue weighted by molar-refractivity contribution is 7.80. The van der Waals surface area contributed by atoms with Crippen LogP contribution in [0.5, 0.6) is 23.0 Å². The van der Waals surface area contributed by atoms with Crippen molar-refractivity contribution in [1.29, 1.82) is 0 Å². The second-order valence-corrected chi connectivity index (χ2v) is 6.40. The van der Waals surface area contributed by atoms with Gasteiger partial charge in [-0.15, -0.1) is 0 Å². The van der Waals surface area contributed by atoms with Gasteiger partial charge in [0.2, 0.25) is 5.75 Å². The van der Waals surface area contributed by atoms with Gasteiger partial charge in [-0.2, -0.15) is 0 Å². The number of rotatable bonds is 7. The zero-order valence-electron chi connectivity index (χ0n) is 16.4. The second-order valence-electron chi connectivity index (χ2n) is 5.59. The molecule has 2 aromatic rings. The van der Waals surface area contributed by atoms with Gasteiger partial charge in [0.1, 0.15) is 5.75 Å². The lowest BCUT2D eigenvalue weighted by atomic mass is 10.1. The highest BCUT2D eigenvalue weighted by Gasteiger charge is 2.17. The lowest BCUT2D eigenvalue weighted by Crippen LogP contribution is -2.49. The van der Waals surface area contributed by atoms with Crippen LogP contribution in [0.2, 0.25) is 5.02 Å². The Morgan fingerprint density at radius 2 is 1.60 bits per heavy atom. The number of nitrogens with one attached hydrogen (secondary N) is 3. The Balaban J connectivity index is 1.89. The molecule has 0 spiro atoms. The van der Waals surface area contributed by atoms with Crippen molar-refractivity contribution in [3.8, 4) is 23.0 Å². The van der Waals surface area contributed by atoms with Gasteiger partial charge in [0, 0.05) is 5.56 Å². The van der Waals surface area contributed by atoms with E-state index in [0.29, 0.717) is 28.0 Å². The Morgan fingerprint density at radius 1 is 0.967 bits per heavy atom. The van der Waals surface area contributed by atoms with Gasteiger partial charge < -0.3 is 18.9 Å². The summed E-state index contributed by atoms with van der Waals surface area (Å²) >= 11 is 11.0. The Hall–Kier alpha value is -3.24. The summed E-state index contributed by atoms with van der Waals surface area (Å²) in [6, 6.07) is 9.67. The molecule has 0 saturated heterocycles. The van der Waals surface area contributed by atoms with Gasteiger partial charge in [0.05, 0.1) is 26.4 Å². The van der Waals surface area contributed by atoms with Crippen molar-refractivity contribution in [2.75, 3.05) is 27.9 Å². The van der Waals surface area contributed by atoms with Gasteiger partial charge in [0.25, 0.3) is 11.8 Å². The van der Waals surface area contributed by atoms with Crippen LogP contribution in [0.15, 0.2) is 36.4 Å². The Kier molecular flexibility index (Phi) is 8.51. The topological polar surface area (TPSA) is 107 Å². The molecule has 2 amide bonds. The third kappa shape index (κ3) is 6.13. The fourth-order valence-electron chi connectivity index (χ4n) is 2.29. The minimum Gasteiger partial charge on any atom is -0.493 e. The van der Waals surface area contributed by atoms with Gasteiger partial charge in [-0.25, -0.2) is 0 Å². The fraction of sp³-hybridized carbons (Fsp3) is 0.211. The molecular weight excluding hydrogens is 434 g/mol. The van der Waals surface area contributed by atoms with E-state index in [1.165, 1.54) is 33.5 Å². The van der Waals surface area contributed by atoms with Crippen LogP contribution in [0.25, 0.3) is 0 Å². The molecule has 2 rings (SSSR count). The van der Waals surface area contributed by atoms with Crippen LogP contribution in [0.4, 0.5) is 0 Å². The Labute approximate surface area is 183 Å². The van der Waals surface area contributed by atoms with Crippen molar-refractivity contribution in [2.24, 2.45) is 0 Å². The van der Waals surface area contributed by atoms with Crippen molar-refractivity contribution in [3.63, 3.8) is 0 Å². The summed E-state index contributed by atoms with van der Waals surface area (Å²) in [7, 11) is 4.33. The first-order valence-corrected chi connectivity index (χ1v) is 9.25. The van der Waals surface area contributed by atoms with E-state index in [1.807, 2.05) is 0 Å². The van der Waals surface area contributed by atoms with E-state index >= 15 is 0 Å². The maximum atomic E-state index is 12.4. The summed E-state index contributed by atoms with van der Waals surface area (Å²) < 4.78 is 20.9. The zero-order chi connectivity index (χ0) is 22.1. The summed E-state index contributed by atoms with van der Waals surface area (Å²) in [5, 5.41) is 2.68. The summed E-state index contributed by atoms with van der Waals surface area (Å²) in [6.45, 7) is -0.305. The standard InChI is InChI=1S/C19H20ClN3O6S/c1-26-14-8-11(9-15(27-2)17(14)28-3)18(25)21-19(30)23-22-16(24)10-29-13-7-5-4-6-12(13)20/h4-9H,10H2,1-3H3,(H,22,24)(H2,21,23,25,30). The van der Waals surface area contributed by atoms with Crippen LogP contribution < -0.4 is 35.1 Å². The van der Waals surface area contributed by atoms with Gasteiger partial charge in [-0.3, -0.25) is 25.8 Å². The summed E-state index contributed by atoms with van der Waals surface area (Å²) in [6.07, 6.45) is 0. The highest BCUT2D eigenvalue weighted by atomic mass is 35.5. The van der Waals surface area contributed by atoms with E-state index in [2.05, 4.69) is 16.2 Å². The lowest BCUT2D eigenvalue weighted by molar-refractivity contribution is -0.123. The van der Waals surface area contributed by atoms with Crippen molar-refractivity contribution in [3.05, 3.63) is 47.0 Å². The lowest BCUT2D eigenvalue weighted by Gasteiger charge is -2.15. The molecule has 0 bridgehead atoms. The molecule has 0 aliphatic carbocycles. The number of halogens is 1. The maximum absolute atomic E-state index is 12.4. The third-order valence-corrected chi connectivity index (χ3v) is 4.18. The van der Waals surface area contributed by atoms with Crippen molar-refractivity contribution in [2.45, 2.75) is 0 Å². The minimum atomic E-state index is -0.548. The second kappa shape index (κ2) is 11.1. The molecule has 0 atom stereocenters. The first-order valence-electron chi connectivity index (χ1n) is 8.47. The number of carbonyl (C=O) groups excluding carboxylic acids is 2. The van der Waals surface area contributed by atoms with E-state index in [0.717, 1.165) is 0 Å². The quantitative estimate of drug-likeness (QED) is 0.432. The normalized spacial score (nSPS) is 9.87. The predicted molar refractivity (Wildman–Crippen MR) is 114 cm³/mol. The molecule has 160 valence electrons. The number of amides is 2. The number of hydrogen-bond donors (Lipinski definition) is 3. The van der Waals surface area contributed by atoms with Crippen LogP contribution in [0, 0.1) is 0 Å². The molecule has 0 aliphatic rings. The van der Waals surface area contributed by atoms with E-state index in [-0.39, 0.29) is 17.3 Å². The smallest absolute Gasteiger partial charge is 0.276 e. The molecule has 0 aliphatic heterocycles. The van der Waals surface area contributed by atoms with Gasteiger partial charge in [-0.1, -0.05) is 23.7 Å². The van der Waals surface area contributed by atoms with Crippen LogP contribution in [0.1, 0.15) is 10.4 Å². The average molecular weight is 454 g/mol. The zero-order valence-corrected chi connectivity index (χ0v) is 18.0. The Bertz CT molecular complexity index is 915. The third-order valence-electron chi connectivity index (χ3n) is 3.66. The van der Waals surface area contributed by atoms with Gasteiger partial charge in [-0.05, 0) is 36.5 Å². The summed E-state index contributed by atoms with van der Waals surface area (Å²) in [4.78, 5) is 24.3. The number of benzene rings is 2. The molecule has 0 aromatic heterocycles. The monoisotopic (exact) mass is 453 g/mol. The molecule has 0 fully saturated rings. The average Bonchev–Trinajstić information content (AvgIpc) is 2.75. The number of ether oxygens (including phenoxy) is 4. The maximum Gasteiger partial charge on any atom is 0.276 e. The van der Waals surface area contributed by atoms with Crippen LogP contribution in [-0.4, -0.2) is 44.9 Å². The molecule has 0 saturated carbocycles. The van der Waals surface area contributed by atoms with Crippen molar-refractivity contribution < 1.29 is 28.5 Å². The number of hydrogen-bond acceptors (Lipinski definition) is 7. The molecule has 11 heteroatoms. The van der Waals surface area contributed by atoms with Crippen molar-refractivity contribution >= 4 is 40.7 Å². The Morgan fingerprint density at radius 3 is 2.17 bits per heavy atom. The SMILES string of the molecule is COc1cc(C(=O)NC(=S)NNC(=O)COc2ccccc2Cl)cc(OC)c1OC. The fourth-order valence-corrected chi connectivity index (χ4v) is 2.62. The number of hydrazine groups is 1. The van der Waals surface area contributed by atoms with Gasteiger partial charge >= 0.3 is 0 Å². The number of thiocarbonyl (C=S) groups is 1. The highest BCUT2D eigenvalue weighted by Crippen LogP contribution is 2.38.